The minimum atomic E-state index is 0. The Kier molecular flexibility index (Phi) is 9.98. The van der Waals surface area contributed by atoms with Gasteiger partial charge in [-0.3, -0.25) is 4.99 Å². The van der Waals surface area contributed by atoms with Crippen LogP contribution in [-0.4, -0.2) is 69.6 Å². The summed E-state index contributed by atoms with van der Waals surface area (Å²) >= 11 is 0. The van der Waals surface area contributed by atoms with Gasteiger partial charge >= 0.3 is 0 Å². The average Bonchev–Trinajstić information content (AvgIpc) is 3.04. The van der Waals surface area contributed by atoms with E-state index in [0.29, 0.717) is 32.0 Å². The maximum atomic E-state index is 6.14. The summed E-state index contributed by atoms with van der Waals surface area (Å²) in [5.74, 6) is 2.61. The molecule has 0 radical (unpaired) electrons. The fraction of sp³-hybridized carbons (Fsp3) is 0.696. The summed E-state index contributed by atoms with van der Waals surface area (Å²) in [5.41, 5.74) is 1.16. The molecular formula is C23H36IN3O4. The number of nitrogens with zero attached hydrogens (tertiary/aromatic N) is 2. The van der Waals surface area contributed by atoms with Gasteiger partial charge in [-0.15, -0.1) is 24.0 Å². The second-order valence-electron chi connectivity index (χ2n) is 8.24. The van der Waals surface area contributed by atoms with Crippen LogP contribution in [0.3, 0.4) is 0 Å². The maximum Gasteiger partial charge on any atom is 0.193 e. The molecule has 0 amide bonds. The highest BCUT2D eigenvalue weighted by atomic mass is 127. The highest BCUT2D eigenvalue weighted by Crippen LogP contribution is 2.30. The molecule has 1 atom stereocenters. The molecule has 2 saturated heterocycles. The second kappa shape index (κ2) is 12.7. The summed E-state index contributed by atoms with van der Waals surface area (Å²) in [4.78, 5) is 6.81. The maximum absolute atomic E-state index is 6.14. The number of fused-ring (bicyclic) bond motifs is 1. The zero-order valence-electron chi connectivity index (χ0n) is 18.5. The number of ether oxygens (including phenoxy) is 4. The molecule has 8 heteroatoms. The Hall–Kier alpha value is -1.26. The van der Waals surface area contributed by atoms with Gasteiger partial charge in [0.2, 0.25) is 0 Å². The topological polar surface area (TPSA) is 64.6 Å². The van der Waals surface area contributed by atoms with Gasteiger partial charge in [-0.25, -0.2) is 0 Å². The zero-order chi connectivity index (χ0) is 20.6. The van der Waals surface area contributed by atoms with Gasteiger partial charge in [0.15, 0.2) is 17.5 Å². The molecule has 31 heavy (non-hydrogen) atoms. The lowest BCUT2D eigenvalue weighted by Gasteiger charge is -2.35. The zero-order valence-corrected chi connectivity index (χ0v) is 20.8. The van der Waals surface area contributed by atoms with Crippen molar-refractivity contribution in [3.8, 4) is 11.5 Å². The van der Waals surface area contributed by atoms with Crippen LogP contribution in [0.2, 0.25) is 0 Å². The summed E-state index contributed by atoms with van der Waals surface area (Å²) in [6, 6.07) is 6.15. The molecule has 3 aliphatic heterocycles. The predicted molar refractivity (Wildman–Crippen MR) is 132 cm³/mol. The normalized spacial score (nSPS) is 22.4. The molecular weight excluding hydrogens is 509 g/mol. The molecule has 3 heterocycles. The van der Waals surface area contributed by atoms with Crippen molar-refractivity contribution >= 4 is 29.9 Å². The number of likely N-dealkylation sites (tertiary alicyclic amines) is 1. The van der Waals surface area contributed by atoms with Crippen LogP contribution in [-0.2, 0) is 16.0 Å². The van der Waals surface area contributed by atoms with E-state index in [2.05, 4.69) is 27.3 Å². The van der Waals surface area contributed by atoms with E-state index in [0.717, 1.165) is 75.0 Å². The van der Waals surface area contributed by atoms with Gasteiger partial charge in [0.25, 0.3) is 0 Å². The Morgan fingerprint density at radius 3 is 2.61 bits per heavy atom. The Bertz CT molecular complexity index is 704. The fourth-order valence-electron chi connectivity index (χ4n) is 4.25. The van der Waals surface area contributed by atoms with Crippen LogP contribution in [0.4, 0.5) is 0 Å². The second-order valence-corrected chi connectivity index (χ2v) is 8.24. The summed E-state index contributed by atoms with van der Waals surface area (Å²) in [6.07, 6.45) is 7.17. The molecule has 4 rings (SSSR count). The van der Waals surface area contributed by atoms with E-state index in [4.69, 9.17) is 18.9 Å². The van der Waals surface area contributed by atoms with Crippen molar-refractivity contribution in [1.82, 2.24) is 10.2 Å². The van der Waals surface area contributed by atoms with Crippen LogP contribution in [0, 0.1) is 0 Å². The minimum Gasteiger partial charge on any atom is -0.490 e. The number of nitrogens with one attached hydrogen (secondary N) is 1. The Balaban J connectivity index is 0.00000272. The van der Waals surface area contributed by atoms with E-state index in [1.165, 1.54) is 12.8 Å². The average molecular weight is 545 g/mol. The van der Waals surface area contributed by atoms with Crippen molar-refractivity contribution in [2.75, 3.05) is 46.6 Å². The van der Waals surface area contributed by atoms with E-state index in [-0.39, 0.29) is 24.0 Å². The number of rotatable bonds is 5. The molecule has 7 nitrogen and oxygen atoms in total. The molecule has 0 spiro atoms. The Morgan fingerprint density at radius 1 is 1.06 bits per heavy atom. The van der Waals surface area contributed by atoms with Crippen molar-refractivity contribution in [2.45, 2.75) is 57.3 Å². The van der Waals surface area contributed by atoms with E-state index in [1.807, 2.05) is 13.1 Å². The summed E-state index contributed by atoms with van der Waals surface area (Å²) in [5, 5.41) is 3.50. The first-order chi connectivity index (χ1) is 14.8. The van der Waals surface area contributed by atoms with Crippen molar-refractivity contribution in [3.63, 3.8) is 0 Å². The number of halogens is 1. The number of piperidine rings is 1. The molecule has 2 fully saturated rings. The molecule has 1 aromatic rings. The van der Waals surface area contributed by atoms with Crippen molar-refractivity contribution in [3.05, 3.63) is 23.8 Å². The summed E-state index contributed by atoms with van der Waals surface area (Å²) in [7, 11) is 1.85. The minimum absolute atomic E-state index is 0. The van der Waals surface area contributed by atoms with Crippen LogP contribution in [0.1, 0.15) is 44.1 Å². The quantitative estimate of drug-likeness (QED) is 0.347. The van der Waals surface area contributed by atoms with Crippen LogP contribution in [0.25, 0.3) is 0 Å². The molecule has 174 valence electrons. The lowest BCUT2D eigenvalue weighted by Crippen LogP contribution is -2.47. The molecule has 1 aromatic carbocycles. The van der Waals surface area contributed by atoms with Crippen molar-refractivity contribution in [1.29, 1.82) is 0 Å². The third-order valence-electron chi connectivity index (χ3n) is 6.01. The molecule has 0 aromatic heterocycles. The van der Waals surface area contributed by atoms with Gasteiger partial charge in [0, 0.05) is 39.7 Å². The molecule has 0 aliphatic carbocycles. The molecule has 1 N–H and O–H groups in total. The molecule has 0 saturated carbocycles. The number of hydrogen-bond donors (Lipinski definition) is 1. The van der Waals surface area contributed by atoms with E-state index in [9.17, 15) is 0 Å². The smallest absolute Gasteiger partial charge is 0.193 e. The number of guanidine groups is 1. The van der Waals surface area contributed by atoms with Gasteiger partial charge in [0.1, 0.15) is 0 Å². The number of benzene rings is 1. The molecule has 1 unspecified atom stereocenters. The van der Waals surface area contributed by atoms with Gasteiger partial charge < -0.3 is 29.2 Å². The highest BCUT2D eigenvalue weighted by Gasteiger charge is 2.24. The Labute approximate surface area is 202 Å². The standard InChI is InChI=1S/C23H35N3O4.HI/c1-24-23(25-16-18-6-7-21-22(15-18)29-14-4-13-28-21)26-10-8-19(9-11-26)30-17-20-5-2-3-12-27-20;/h6-7,15,19-20H,2-5,8-14,16-17H2,1H3,(H,24,25);1H. The van der Waals surface area contributed by atoms with Crippen LogP contribution in [0.15, 0.2) is 23.2 Å². The largest absolute Gasteiger partial charge is 0.490 e. The predicted octanol–water partition coefficient (Wildman–Crippen LogP) is 3.59. The van der Waals surface area contributed by atoms with E-state index in [1.54, 1.807) is 0 Å². The number of aliphatic imine (C=N–C) groups is 1. The van der Waals surface area contributed by atoms with E-state index >= 15 is 0 Å². The van der Waals surface area contributed by atoms with Crippen LogP contribution < -0.4 is 14.8 Å². The van der Waals surface area contributed by atoms with Gasteiger partial charge in [0.05, 0.1) is 32.0 Å². The highest BCUT2D eigenvalue weighted by molar-refractivity contribution is 14.0. The van der Waals surface area contributed by atoms with Gasteiger partial charge in [-0.1, -0.05) is 6.07 Å². The monoisotopic (exact) mass is 545 g/mol. The third kappa shape index (κ3) is 7.12. The van der Waals surface area contributed by atoms with Crippen LogP contribution in [0.5, 0.6) is 11.5 Å². The van der Waals surface area contributed by atoms with Gasteiger partial charge in [-0.2, -0.15) is 0 Å². The lowest BCUT2D eigenvalue weighted by molar-refractivity contribution is -0.0721. The fourth-order valence-corrected chi connectivity index (χ4v) is 4.25. The van der Waals surface area contributed by atoms with Gasteiger partial charge in [-0.05, 0) is 49.8 Å². The van der Waals surface area contributed by atoms with Crippen molar-refractivity contribution in [2.24, 2.45) is 4.99 Å². The first-order valence-corrected chi connectivity index (χ1v) is 11.4. The summed E-state index contributed by atoms with van der Waals surface area (Å²) < 4.78 is 23.4. The Morgan fingerprint density at radius 2 is 1.87 bits per heavy atom. The third-order valence-corrected chi connectivity index (χ3v) is 6.01. The number of hydrogen-bond acceptors (Lipinski definition) is 5. The molecule has 3 aliphatic rings. The molecule has 0 bridgehead atoms. The SMILES string of the molecule is CN=C(NCc1ccc2c(c1)OCCCO2)N1CCC(OCC2CCCCO2)CC1.I. The van der Waals surface area contributed by atoms with Crippen molar-refractivity contribution < 1.29 is 18.9 Å². The first-order valence-electron chi connectivity index (χ1n) is 11.4. The van der Waals surface area contributed by atoms with E-state index < -0.39 is 0 Å². The lowest BCUT2D eigenvalue weighted by atomic mass is 10.1. The summed E-state index contributed by atoms with van der Waals surface area (Å²) in [6.45, 7) is 5.66. The van der Waals surface area contributed by atoms with Crippen LogP contribution >= 0.6 is 24.0 Å². The first kappa shape index (κ1) is 24.4.